The molecule has 0 atom stereocenters. The fourth-order valence-corrected chi connectivity index (χ4v) is 1.12. The van der Waals surface area contributed by atoms with Crippen LogP contribution in [0.1, 0.15) is 31.1 Å². The second kappa shape index (κ2) is 7.39. The van der Waals surface area contributed by atoms with Crippen LogP contribution in [0.3, 0.4) is 0 Å². The first-order chi connectivity index (χ1) is 6.75. The number of benzene rings is 1. The zero-order valence-corrected chi connectivity index (χ0v) is 9.56. The van der Waals surface area contributed by atoms with E-state index in [-0.39, 0.29) is 5.91 Å². The van der Waals surface area contributed by atoms with Crippen LogP contribution >= 0.6 is 11.6 Å². The van der Waals surface area contributed by atoms with Crippen LogP contribution in [0.15, 0.2) is 24.3 Å². The summed E-state index contributed by atoms with van der Waals surface area (Å²) in [4.78, 5) is 11.3. The van der Waals surface area contributed by atoms with Crippen molar-refractivity contribution < 1.29 is 4.79 Å². The van der Waals surface area contributed by atoms with Gasteiger partial charge >= 0.3 is 0 Å². The summed E-state index contributed by atoms with van der Waals surface area (Å²) in [6.45, 7) is 6.48. The molecule has 2 nitrogen and oxygen atoms in total. The lowest BCUT2D eigenvalue weighted by atomic mass is 10.2. The largest absolute Gasteiger partial charge is 0.352 e. The van der Waals surface area contributed by atoms with Crippen LogP contribution in [-0.4, -0.2) is 12.5 Å². The number of amides is 1. The molecule has 0 aliphatic heterocycles. The molecule has 0 saturated carbocycles. The maximum absolute atomic E-state index is 11.3. The number of hydrogen-bond donors (Lipinski definition) is 1. The number of halogens is 1. The summed E-state index contributed by atoms with van der Waals surface area (Å²) in [5, 5.41) is 3.17. The maximum atomic E-state index is 11.3. The highest BCUT2D eigenvalue weighted by atomic mass is 35.5. The average molecular weight is 214 g/mol. The Morgan fingerprint density at radius 3 is 2.43 bits per heavy atom. The smallest absolute Gasteiger partial charge is 0.252 e. The van der Waals surface area contributed by atoms with Crippen LogP contribution < -0.4 is 5.32 Å². The summed E-state index contributed by atoms with van der Waals surface area (Å²) in [6.07, 6.45) is 0. The molecule has 0 fully saturated rings. The maximum Gasteiger partial charge on any atom is 0.252 e. The van der Waals surface area contributed by atoms with E-state index in [0.717, 1.165) is 0 Å². The lowest BCUT2D eigenvalue weighted by Gasteiger charge is -2.02. The van der Waals surface area contributed by atoms with Crippen molar-refractivity contribution in [2.75, 3.05) is 6.54 Å². The molecule has 0 bridgehead atoms. The van der Waals surface area contributed by atoms with Crippen LogP contribution in [0.5, 0.6) is 0 Å². The number of carbonyl (C=O) groups excluding carboxylic acids is 1. The lowest BCUT2D eigenvalue weighted by molar-refractivity contribution is 0.0956. The summed E-state index contributed by atoms with van der Waals surface area (Å²) in [6, 6.07) is 6.99. The highest BCUT2D eigenvalue weighted by molar-refractivity contribution is 6.33. The Morgan fingerprint density at radius 2 is 1.93 bits per heavy atom. The minimum Gasteiger partial charge on any atom is -0.352 e. The predicted octanol–water partition coefficient (Wildman–Crippen LogP) is 3.12. The predicted molar refractivity (Wildman–Crippen MR) is 60.8 cm³/mol. The molecular weight excluding hydrogens is 198 g/mol. The first-order valence-corrected chi connectivity index (χ1v) is 5.16. The highest BCUT2D eigenvalue weighted by Gasteiger charge is 2.06. The minimum absolute atomic E-state index is 0.122. The molecule has 1 aromatic carbocycles. The van der Waals surface area contributed by atoms with Gasteiger partial charge in [-0.15, -0.1) is 0 Å². The number of carbonyl (C=O) groups is 1. The van der Waals surface area contributed by atoms with E-state index in [0.29, 0.717) is 17.1 Å². The van der Waals surface area contributed by atoms with Gasteiger partial charge in [0.1, 0.15) is 0 Å². The SMILES string of the molecule is CC.CCNC(=O)c1ccccc1Cl. The van der Waals surface area contributed by atoms with Gasteiger partial charge < -0.3 is 5.32 Å². The zero-order valence-electron chi connectivity index (χ0n) is 8.80. The summed E-state index contributed by atoms with van der Waals surface area (Å²) < 4.78 is 0. The molecule has 14 heavy (non-hydrogen) atoms. The molecule has 78 valence electrons. The molecule has 1 N–H and O–H groups in total. The van der Waals surface area contributed by atoms with Crippen molar-refractivity contribution in [3.05, 3.63) is 34.9 Å². The van der Waals surface area contributed by atoms with E-state index >= 15 is 0 Å². The third-order valence-electron chi connectivity index (χ3n) is 1.46. The van der Waals surface area contributed by atoms with E-state index in [1.54, 1.807) is 24.3 Å². The van der Waals surface area contributed by atoms with E-state index in [1.165, 1.54) is 0 Å². The summed E-state index contributed by atoms with van der Waals surface area (Å²) in [5.41, 5.74) is 0.529. The second-order valence-electron chi connectivity index (χ2n) is 2.34. The number of rotatable bonds is 2. The fraction of sp³-hybridized carbons (Fsp3) is 0.364. The van der Waals surface area contributed by atoms with Crippen molar-refractivity contribution in [1.82, 2.24) is 5.32 Å². The first-order valence-electron chi connectivity index (χ1n) is 4.78. The van der Waals surface area contributed by atoms with Crippen molar-refractivity contribution >= 4 is 17.5 Å². The van der Waals surface area contributed by atoms with Gasteiger partial charge in [-0.1, -0.05) is 37.6 Å². The van der Waals surface area contributed by atoms with Crippen molar-refractivity contribution in [1.29, 1.82) is 0 Å². The van der Waals surface area contributed by atoms with Crippen molar-refractivity contribution in [2.45, 2.75) is 20.8 Å². The van der Waals surface area contributed by atoms with E-state index in [4.69, 9.17) is 11.6 Å². The van der Waals surface area contributed by atoms with Gasteiger partial charge in [0.2, 0.25) is 0 Å². The number of nitrogens with one attached hydrogen (secondary N) is 1. The molecule has 0 radical (unpaired) electrons. The van der Waals surface area contributed by atoms with Gasteiger partial charge in [-0.25, -0.2) is 0 Å². The van der Waals surface area contributed by atoms with Crippen LogP contribution in [0.25, 0.3) is 0 Å². The molecule has 0 aliphatic rings. The zero-order chi connectivity index (χ0) is 11.0. The van der Waals surface area contributed by atoms with Gasteiger partial charge in [0, 0.05) is 6.54 Å². The summed E-state index contributed by atoms with van der Waals surface area (Å²) in [7, 11) is 0. The van der Waals surface area contributed by atoms with E-state index in [1.807, 2.05) is 20.8 Å². The second-order valence-corrected chi connectivity index (χ2v) is 2.75. The lowest BCUT2D eigenvalue weighted by Crippen LogP contribution is -2.22. The van der Waals surface area contributed by atoms with Gasteiger partial charge in [0.25, 0.3) is 5.91 Å². The standard InChI is InChI=1S/C9H10ClNO.C2H6/c1-2-11-9(12)7-5-3-4-6-8(7)10;1-2/h3-6H,2H2,1H3,(H,11,12);1-2H3. The molecule has 1 rings (SSSR count). The Kier molecular flexibility index (Phi) is 6.85. The molecule has 0 spiro atoms. The van der Waals surface area contributed by atoms with Crippen LogP contribution in [0.4, 0.5) is 0 Å². The Hall–Kier alpha value is -1.02. The molecule has 1 aromatic rings. The van der Waals surface area contributed by atoms with Crippen LogP contribution in [0, 0.1) is 0 Å². The van der Waals surface area contributed by atoms with Gasteiger partial charge in [0.05, 0.1) is 10.6 Å². The van der Waals surface area contributed by atoms with Crippen LogP contribution in [-0.2, 0) is 0 Å². The van der Waals surface area contributed by atoms with Crippen molar-refractivity contribution in [3.8, 4) is 0 Å². The monoisotopic (exact) mass is 213 g/mol. The van der Waals surface area contributed by atoms with Crippen molar-refractivity contribution in [3.63, 3.8) is 0 Å². The quantitative estimate of drug-likeness (QED) is 0.804. The molecule has 0 aromatic heterocycles. The van der Waals surface area contributed by atoms with Gasteiger partial charge in [0.15, 0.2) is 0 Å². The molecule has 1 amide bonds. The highest BCUT2D eigenvalue weighted by Crippen LogP contribution is 2.14. The average Bonchev–Trinajstić information content (AvgIpc) is 2.22. The van der Waals surface area contributed by atoms with E-state index in [9.17, 15) is 4.79 Å². The summed E-state index contributed by atoms with van der Waals surface area (Å²) >= 11 is 5.79. The third kappa shape index (κ3) is 3.79. The van der Waals surface area contributed by atoms with E-state index < -0.39 is 0 Å². The molecular formula is C11H16ClNO. The fourth-order valence-electron chi connectivity index (χ4n) is 0.901. The molecule has 0 saturated heterocycles. The Bertz CT molecular complexity index is 286. The van der Waals surface area contributed by atoms with Gasteiger partial charge in [-0.2, -0.15) is 0 Å². The van der Waals surface area contributed by atoms with Gasteiger partial charge in [-0.3, -0.25) is 4.79 Å². The Balaban J connectivity index is 0.000000791. The summed E-state index contributed by atoms with van der Waals surface area (Å²) in [5.74, 6) is -0.122. The molecule has 0 unspecified atom stereocenters. The molecule has 0 aliphatic carbocycles. The van der Waals surface area contributed by atoms with Crippen molar-refractivity contribution in [2.24, 2.45) is 0 Å². The topological polar surface area (TPSA) is 29.1 Å². The molecule has 3 heteroatoms. The Labute approximate surface area is 90.3 Å². The van der Waals surface area contributed by atoms with Crippen LogP contribution in [0.2, 0.25) is 5.02 Å². The third-order valence-corrected chi connectivity index (χ3v) is 1.79. The number of hydrogen-bond acceptors (Lipinski definition) is 1. The normalized spacial score (nSPS) is 8.57. The molecule has 0 heterocycles. The Morgan fingerprint density at radius 1 is 1.36 bits per heavy atom. The van der Waals surface area contributed by atoms with Gasteiger partial charge in [-0.05, 0) is 19.1 Å². The van der Waals surface area contributed by atoms with E-state index in [2.05, 4.69) is 5.32 Å². The first kappa shape index (κ1) is 13.0. The minimum atomic E-state index is -0.122.